The van der Waals surface area contributed by atoms with Gasteiger partial charge in [-0.25, -0.2) is 0 Å². The molecule has 2 aromatic rings. The fourth-order valence-corrected chi connectivity index (χ4v) is 2.12. The summed E-state index contributed by atoms with van der Waals surface area (Å²) < 4.78 is 11.8. The van der Waals surface area contributed by atoms with Gasteiger partial charge >= 0.3 is 0 Å². The SMILES string of the molecule is COc1cc(OC)nc(Sc2cn(C)nc2N)n1. The van der Waals surface area contributed by atoms with E-state index in [-0.39, 0.29) is 0 Å². The van der Waals surface area contributed by atoms with Crippen LogP contribution in [-0.4, -0.2) is 34.0 Å². The van der Waals surface area contributed by atoms with E-state index >= 15 is 0 Å². The highest BCUT2D eigenvalue weighted by atomic mass is 32.2. The smallest absolute Gasteiger partial charge is 0.220 e. The van der Waals surface area contributed by atoms with E-state index in [1.54, 1.807) is 24.0 Å². The van der Waals surface area contributed by atoms with Crippen molar-refractivity contribution in [2.45, 2.75) is 10.1 Å². The molecule has 0 aromatic carbocycles. The topological polar surface area (TPSA) is 88.1 Å². The Hall–Kier alpha value is -1.96. The van der Waals surface area contributed by atoms with E-state index in [4.69, 9.17) is 15.2 Å². The van der Waals surface area contributed by atoms with Crippen LogP contribution in [0.15, 0.2) is 22.3 Å². The summed E-state index contributed by atoms with van der Waals surface area (Å²) in [6, 6.07) is 1.61. The molecule has 0 aliphatic carbocycles. The predicted octanol–water partition coefficient (Wildman–Crippen LogP) is 0.961. The van der Waals surface area contributed by atoms with Crippen LogP contribution in [-0.2, 0) is 7.05 Å². The maximum Gasteiger partial charge on any atom is 0.220 e. The first-order chi connectivity index (χ1) is 8.62. The number of anilines is 1. The van der Waals surface area contributed by atoms with Crippen LogP contribution in [0, 0.1) is 0 Å². The first-order valence-electron chi connectivity index (χ1n) is 5.06. The minimum absolute atomic E-state index is 0.437. The normalized spacial score (nSPS) is 10.4. The molecular weight excluding hydrogens is 254 g/mol. The van der Waals surface area contributed by atoms with Gasteiger partial charge in [-0.15, -0.1) is 0 Å². The van der Waals surface area contributed by atoms with Crippen molar-refractivity contribution < 1.29 is 9.47 Å². The summed E-state index contributed by atoms with van der Waals surface area (Å²) >= 11 is 1.30. The number of aryl methyl sites for hydroxylation is 1. The third-order valence-electron chi connectivity index (χ3n) is 2.10. The van der Waals surface area contributed by atoms with Crippen LogP contribution in [0.4, 0.5) is 5.82 Å². The molecule has 0 saturated heterocycles. The molecule has 0 atom stereocenters. The molecule has 2 aromatic heterocycles. The number of rotatable bonds is 4. The number of nitrogens with zero attached hydrogens (tertiary/aromatic N) is 4. The van der Waals surface area contributed by atoms with Crippen LogP contribution in [0.5, 0.6) is 11.8 Å². The maximum absolute atomic E-state index is 5.76. The Balaban J connectivity index is 2.30. The molecular formula is C10H13N5O2S. The van der Waals surface area contributed by atoms with Gasteiger partial charge in [-0.05, 0) is 11.8 Å². The van der Waals surface area contributed by atoms with Crippen LogP contribution in [0.2, 0.25) is 0 Å². The summed E-state index contributed by atoms with van der Waals surface area (Å²) in [6.07, 6.45) is 1.80. The standard InChI is InChI=1S/C10H13N5O2S/c1-15-5-6(9(11)14-15)18-10-12-7(16-2)4-8(13-10)17-3/h4-5H,1-3H3,(H2,11,14). The molecule has 0 saturated carbocycles. The second-order valence-electron chi connectivity index (χ2n) is 3.39. The lowest BCUT2D eigenvalue weighted by atomic mass is 10.6. The van der Waals surface area contributed by atoms with Crippen molar-refractivity contribution in [3.8, 4) is 11.8 Å². The van der Waals surface area contributed by atoms with Gasteiger partial charge in [0.25, 0.3) is 0 Å². The lowest BCUT2D eigenvalue weighted by molar-refractivity contribution is 0.364. The predicted molar refractivity (Wildman–Crippen MR) is 66.9 cm³/mol. The van der Waals surface area contributed by atoms with E-state index in [1.165, 1.54) is 26.0 Å². The van der Waals surface area contributed by atoms with Crippen molar-refractivity contribution in [2.75, 3.05) is 20.0 Å². The lowest BCUT2D eigenvalue weighted by Gasteiger charge is -2.05. The minimum atomic E-state index is 0.437. The Morgan fingerprint density at radius 2 is 1.83 bits per heavy atom. The van der Waals surface area contributed by atoms with Crippen LogP contribution in [0.3, 0.4) is 0 Å². The van der Waals surface area contributed by atoms with Gasteiger partial charge in [0.05, 0.1) is 25.2 Å². The molecule has 0 fully saturated rings. The molecule has 8 heteroatoms. The number of methoxy groups -OCH3 is 2. The van der Waals surface area contributed by atoms with Gasteiger partial charge in [0, 0.05) is 13.2 Å². The molecule has 0 amide bonds. The molecule has 0 bridgehead atoms. The second-order valence-corrected chi connectivity index (χ2v) is 4.40. The van der Waals surface area contributed by atoms with Gasteiger partial charge in [-0.1, -0.05) is 0 Å². The van der Waals surface area contributed by atoms with E-state index in [9.17, 15) is 0 Å². The first-order valence-corrected chi connectivity index (χ1v) is 5.88. The highest BCUT2D eigenvalue weighted by Gasteiger charge is 2.11. The quantitative estimate of drug-likeness (QED) is 0.825. The Bertz CT molecular complexity index is 535. The average Bonchev–Trinajstić information content (AvgIpc) is 2.67. The molecule has 2 heterocycles. The number of ether oxygens (including phenoxy) is 2. The van der Waals surface area contributed by atoms with Crippen molar-refractivity contribution in [2.24, 2.45) is 7.05 Å². The number of hydrogen-bond donors (Lipinski definition) is 1. The summed E-state index contributed by atoms with van der Waals surface area (Å²) in [7, 11) is 4.87. The van der Waals surface area contributed by atoms with E-state index in [0.29, 0.717) is 22.7 Å². The average molecular weight is 267 g/mol. The molecule has 2 N–H and O–H groups in total. The van der Waals surface area contributed by atoms with Crippen LogP contribution < -0.4 is 15.2 Å². The summed E-state index contributed by atoms with van der Waals surface area (Å²) in [5.74, 6) is 1.31. The van der Waals surface area contributed by atoms with Gasteiger partial charge in [0.1, 0.15) is 0 Å². The molecule has 0 aliphatic heterocycles. The molecule has 2 rings (SSSR count). The van der Waals surface area contributed by atoms with Gasteiger partial charge < -0.3 is 15.2 Å². The third-order valence-corrected chi connectivity index (χ3v) is 3.00. The Labute approximate surface area is 108 Å². The molecule has 0 unspecified atom stereocenters. The van der Waals surface area contributed by atoms with Crippen molar-refractivity contribution in [3.05, 3.63) is 12.3 Å². The number of nitrogens with two attached hydrogens (primary N) is 1. The lowest BCUT2D eigenvalue weighted by Crippen LogP contribution is -1.96. The summed E-state index contributed by atoms with van der Waals surface area (Å²) in [4.78, 5) is 9.19. The van der Waals surface area contributed by atoms with E-state index in [1.807, 2.05) is 0 Å². The number of nitrogen functional groups attached to an aromatic ring is 1. The first kappa shape index (κ1) is 12.5. The zero-order valence-electron chi connectivity index (χ0n) is 10.2. The summed E-state index contributed by atoms with van der Waals surface area (Å²) in [6.45, 7) is 0. The molecule has 7 nitrogen and oxygen atoms in total. The van der Waals surface area contributed by atoms with Crippen molar-refractivity contribution in [3.63, 3.8) is 0 Å². The van der Waals surface area contributed by atoms with Crippen molar-refractivity contribution in [1.29, 1.82) is 0 Å². The molecule has 96 valence electrons. The highest BCUT2D eigenvalue weighted by Crippen LogP contribution is 2.31. The Morgan fingerprint density at radius 3 is 2.28 bits per heavy atom. The summed E-state index contributed by atoms with van der Waals surface area (Å²) in [5, 5.41) is 4.54. The minimum Gasteiger partial charge on any atom is -0.481 e. The van der Waals surface area contributed by atoms with Crippen molar-refractivity contribution in [1.82, 2.24) is 19.7 Å². The van der Waals surface area contributed by atoms with Crippen molar-refractivity contribution >= 4 is 17.6 Å². The zero-order valence-corrected chi connectivity index (χ0v) is 11.1. The molecule has 0 aliphatic rings. The second kappa shape index (κ2) is 5.13. The van der Waals surface area contributed by atoms with Gasteiger partial charge in [-0.2, -0.15) is 15.1 Å². The van der Waals surface area contributed by atoms with Gasteiger partial charge in [0.2, 0.25) is 11.8 Å². The fraction of sp³-hybridized carbons (Fsp3) is 0.300. The number of aromatic nitrogens is 4. The number of hydrogen-bond acceptors (Lipinski definition) is 7. The highest BCUT2D eigenvalue weighted by molar-refractivity contribution is 7.99. The summed E-state index contributed by atoms with van der Waals surface area (Å²) in [5.41, 5.74) is 5.76. The fourth-order valence-electron chi connectivity index (χ4n) is 1.30. The Morgan fingerprint density at radius 1 is 1.22 bits per heavy atom. The molecule has 18 heavy (non-hydrogen) atoms. The van der Waals surface area contributed by atoms with E-state index in [0.717, 1.165) is 4.90 Å². The van der Waals surface area contributed by atoms with Crippen LogP contribution in [0.25, 0.3) is 0 Å². The molecule has 0 spiro atoms. The third kappa shape index (κ3) is 2.65. The van der Waals surface area contributed by atoms with Gasteiger partial charge in [-0.3, -0.25) is 4.68 Å². The molecule has 0 radical (unpaired) electrons. The maximum atomic E-state index is 5.76. The van der Waals surface area contributed by atoms with Gasteiger partial charge in [0.15, 0.2) is 11.0 Å². The Kier molecular flexibility index (Phi) is 3.56. The zero-order chi connectivity index (χ0) is 13.1. The van der Waals surface area contributed by atoms with Crippen LogP contribution in [0.1, 0.15) is 0 Å². The monoisotopic (exact) mass is 267 g/mol. The van der Waals surface area contributed by atoms with Crippen LogP contribution >= 0.6 is 11.8 Å². The van der Waals surface area contributed by atoms with E-state index in [2.05, 4.69) is 15.1 Å². The largest absolute Gasteiger partial charge is 0.481 e. The van der Waals surface area contributed by atoms with E-state index < -0.39 is 0 Å².